The van der Waals surface area contributed by atoms with E-state index in [1.165, 1.54) is 0 Å². The van der Waals surface area contributed by atoms with Gasteiger partial charge in [-0.15, -0.1) is 0 Å². The molecule has 6 nitrogen and oxygen atoms in total. The highest BCUT2D eigenvalue weighted by atomic mass is 16.3. The third-order valence-corrected chi connectivity index (χ3v) is 3.27. The number of imidazole rings is 1. The molecular weight excluding hydrogens is 230 g/mol. The maximum absolute atomic E-state index is 9.40. The van der Waals surface area contributed by atoms with E-state index in [2.05, 4.69) is 9.98 Å². The zero-order valence-corrected chi connectivity index (χ0v) is 9.56. The molecule has 0 saturated heterocycles. The number of anilines is 1. The van der Waals surface area contributed by atoms with E-state index >= 15 is 0 Å². The van der Waals surface area contributed by atoms with Crippen LogP contribution in [-0.2, 0) is 0 Å². The van der Waals surface area contributed by atoms with Crippen molar-refractivity contribution in [3.05, 3.63) is 42.4 Å². The molecule has 1 aromatic heterocycles. The quantitative estimate of drug-likeness (QED) is 0.793. The lowest BCUT2D eigenvalue weighted by molar-refractivity contribution is 0.121. The van der Waals surface area contributed by atoms with Crippen LogP contribution in [0.15, 0.2) is 41.8 Å². The second-order valence-corrected chi connectivity index (χ2v) is 4.22. The molecule has 1 aromatic carbocycles. The van der Waals surface area contributed by atoms with Gasteiger partial charge in [0.1, 0.15) is 19.7 Å². The van der Waals surface area contributed by atoms with E-state index in [1.807, 2.05) is 33.8 Å². The molecule has 2 aromatic rings. The molecule has 1 N–H and O–H groups in total. The van der Waals surface area contributed by atoms with Gasteiger partial charge >= 0.3 is 0 Å². The fourth-order valence-corrected chi connectivity index (χ4v) is 2.48. The number of aliphatic imine (C=N–C) groups is 1. The summed E-state index contributed by atoms with van der Waals surface area (Å²) in [5, 5.41) is 13.1. The molecule has 0 unspecified atom stereocenters. The number of amidine groups is 1. The van der Waals surface area contributed by atoms with Crippen LogP contribution in [0.5, 0.6) is 0 Å². The first kappa shape index (κ1) is 9.81. The Morgan fingerprint density at radius 1 is 1.28 bits per heavy atom. The van der Waals surface area contributed by atoms with Crippen molar-refractivity contribution in [3.63, 3.8) is 0 Å². The average Bonchev–Trinajstić information content (AvgIpc) is 3.05. The maximum atomic E-state index is 9.40. The van der Waals surface area contributed by atoms with E-state index in [9.17, 15) is 5.11 Å². The molecule has 0 radical (unpaired) electrons. The summed E-state index contributed by atoms with van der Waals surface area (Å²) in [7, 11) is 0. The third-order valence-electron chi connectivity index (χ3n) is 3.27. The molecule has 0 fully saturated rings. The van der Waals surface area contributed by atoms with Crippen LogP contribution < -0.4 is 5.01 Å². The van der Waals surface area contributed by atoms with Crippen LogP contribution in [0.2, 0.25) is 0 Å². The molecule has 0 amide bonds. The zero-order chi connectivity index (χ0) is 12.1. The molecule has 0 bridgehead atoms. The van der Waals surface area contributed by atoms with Crippen molar-refractivity contribution in [2.24, 2.45) is 4.99 Å². The first-order valence-electron chi connectivity index (χ1n) is 5.72. The van der Waals surface area contributed by atoms with E-state index in [1.54, 1.807) is 17.5 Å². The molecule has 0 aliphatic carbocycles. The Morgan fingerprint density at radius 2 is 2.17 bits per heavy atom. The van der Waals surface area contributed by atoms with Crippen LogP contribution in [-0.4, -0.2) is 38.9 Å². The van der Waals surface area contributed by atoms with Crippen molar-refractivity contribution in [2.75, 3.05) is 18.4 Å². The summed E-state index contributed by atoms with van der Waals surface area (Å²) in [6.07, 6.45) is 3.55. The van der Waals surface area contributed by atoms with Gasteiger partial charge in [0, 0.05) is 5.56 Å². The van der Waals surface area contributed by atoms with E-state index in [0.717, 1.165) is 22.9 Å². The average molecular weight is 241 g/mol. The Labute approximate surface area is 103 Å². The van der Waals surface area contributed by atoms with Crippen molar-refractivity contribution < 1.29 is 5.11 Å². The normalized spacial score (nSPS) is 17.2. The predicted molar refractivity (Wildman–Crippen MR) is 66.4 cm³/mol. The number of hydrazine groups is 1. The molecule has 2 aliphatic rings. The van der Waals surface area contributed by atoms with E-state index in [0.29, 0.717) is 6.67 Å². The van der Waals surface area contributed by atoms with Crippen LogP contribution in [0.3, 0.4) is 0 Å². The van der Waals surface area contributed by atoms with Crippen LogP contribution >= 0.6 is 0 Å². The molecule has 90 valence electrons. The number of rotatable bonds is 1. The van der Waals surface area contributed by atoms with Gasteiger partial charge < -0.3 is 5.11 Å². The van der Waals surface area contributed by atoms with Gasteiger partial charge in [-0.3, -0.25) is 4.57 Å². The minimum Gasteiger partial charge on any atom is -0.379 e. The van der Waals surface area contributed by atoms with Crippen molar-refractivity contribution in [3.8, 4) is 5.69 Å². The topological polar surface area (TPSA) is 56.9 Å². The minimum atomic E-state index is -0.0691. The smallest absolute Gasteiger partial charge is 0.155 e. The van der Waals surface area contributed by atoms with Gasteiger partial charge in [-0.25, -0.2) is 15.0 Å². The molecule has 4 rings (SSSR count). The van der Waals surface area contributed by atoms with Gasteiger partial charge in [-0.2, -0.15) is 5.01 Å². The van der Waals surface area contributed by atoms with Gasteiger partial charge in [0.05, 0.1) is 11.9 Å². The van der Waals surface area contributed by atoms with Crippen LogP contribution in [0.1, 0.15) is 5.56 Å². The number of aliphatic hydroxyl groups is 1. The monoisotopic (exact) mass is 241 g/mol. The SMILES string of the molecule is OCN1CN=C2c3ccccc3-n3cncc3N21. The first-order chi connectivity index (χ1) is 8.90. The molecule has 3 heterocycles. The molecular formula is C12H11N5O. The molecule has 18 heavy (non-hydrogen) atoms. The fraction of sp³-hybridized carbons (Fsp3) is 0.167. The largest absolute Gasteiger partial charge is 0.379 e. The van der Waals surface area contributed by atoms with Crippen molar-refractivity contribution in [1.29, 1.82) is 0 Å². The number of hydrogen-bond donors (Lipinski definition) is 1. The van der Waals surface area contributed by atoms with E-state index in [-0.39, 0.29) is 6.73 Å². The van der Waals surface area contributed by atoms with Crippen LogP contribution in [0.4, 0.5) is 5.82 Å². The first-order valence-corrected chi connectivity index (χ1v) is 5.72. The number of hydrogen-bond acceptors (Lipinski definition) is 5. The fourth-order valence-electron chi connectivity index (χ4n) is 2.48. The lowest BCUT2D eigenvalue weighted by Gasteiger charge is -2.33. The van der Waals surface area contributed by atoms with Crippen LogP contribution in [0.25, 0.3) is 5.69 Å². The highest BCUT2D eigenvalue weighted by Crippen LogP contribution is 2.33. The Morgan fingerprint density at radius 3 is 3.06 bits per heavy atom. The number of para-hydroxylation sites is 1. The van der Waals surface area contributed by atoms with Gasteiger partial charge in [0.25, 0.3) is 0 Å². The molecule has 0 atom stereocenters. The van der Waals surface area contributed by atoms with Gasteiger partial charge in [-0.05, 0) is 12.1 Å². The highest BCUT2D eigenvalue weighted by molar-refractivity contribution is 6.13. The predicted octanol–water partition coefficient (Wildman–Crippen LogP) is 0.577. The van der Waals surface area contributed by atoms with Gasteiger partial charge in [0.2, 0.25) is 0 Å². The maximum Gasteiger partial charge on any atom is 0.155 e. The van der Waals surface area contributed by atoms with E-state index < -0.39 is 0 Å². The Hall–Kier alpha value is -2.18. The summed E-state index contributed by atoms with van der Waals surface area (Å²) in [4.78, 5) is 8.69. The number of nitrogens with zero attached hydrogens (tertiary/aromatic N) is 5. The summed E-state index contributed by atoms with van der Waals surface area (Å²) in [5.41, 5.74) is 2.12. The van der Waals surface area contributed by atoms with Gasteiger partial charge in [0.15, 0.2) is 11.7 Å². The highest BCUT2D eigenvalue weighted by Gasteiger charge is 2.35. The number of aromatic nitrogens is 2. The number of benzene rings is 1. The molecule has 2 aliphatic heterocycles. The lowest BCUT2D eigenvalue weighted by Crippen LogP contribution is -2.45. The van der Waals surface area contributed by atoms with Crippen LogP contribution in [0, 0.1) is 0 Å². The standard InChI is InChI=1S/C12H11N5O/c18-8-15-7-14-12-9-3-1-2-4-10(9)16-6-13-5-11(16)17(12)15/h1-6,18H,7-8H2. The third kappa shape index (κ3) is 1.08. The second-order valence-electron chi connectivity index (χ2n) is 4.22. The summed E-state index contributed by atoms with van der Waals surface area (Å²) >= 11 is 0. The van der Waals surface area contributed by atoms with Crippen molar-refractivity contribution in [2.45, 2.75) is 0 Å². The summed E-state index contributed by atoms with van der Waals surface area (Å²) in [5.74, 6) is 1.77. The summed E-state index contributed by atoms with van der Waals surface area (Å²) in [6.45, 7) is 0.395. The van der Waals surface area contributed by atoms with Crippen molar-refractivity contribution >= 4 is 11.7 Å². The zero-order valence-electron chi connectivity index (χ0n) is 9.56. The van der Waals surface area contributed by atoms with Crippen molar-refractivity contribution in [1.82, 2.24) is 14.6 Å². The lowest BCUT2D eigenvalue weighted by atomic mass is 10.1. The number of aliphatic hydroxyl groups excluding tert-OH is 1. The molecule has 0 spiro atoms. The molecule has 6 heteroatoms. The van der Waals surface area contributed by atoms with Gasteiger partial charge in [-0.1, -0.05) is 12.1 Å². The second kappa shape index (κ2) is 3.41. The van der Waals surface area contributed by atoms with E-state index in [4.69, 9.17) is 0 Å². The number of fused-ring (bicyclic) bond motifs is 6. The molecule has 0 saturated carbocycles. The summed E-state index contributed by atoms with van der Waals surface area (Å²) < 4.78 is 2.00. The Kier molecular flexibility index (Phi) is 1.86. The Balaban J connectivity index is 2.00. The Bertz CT molecular complexity index is 647. The minimum absolute atomic E-state index is 0.0691. The summed E-state index contributed by atoms with van der Waals surface area (Å²) in [6, 6.07) is 8.06.